The van der Waals surface area contributed by atoms with Gasteiger partial charge < -0.3 is 14.1 Å². The third-order valence-corrected chi connectivity index (χ3v) is 5.24. The molecule has 0 amide bonds. The van der Waals surface area contributed by atoms with Gasteiger partial charge in [-0.3, -0.25) is 19.8 Å². The van der Waals surface area contributed by atoms with Crippen LogP contribution in [0.4, 0.5) is 11.4 Å². The van der Waals surface area contributed by atoms with Crippen LogP contribution >= 0.6 is 0 Å². The molecule has 2 heterocycles. The van der Waals surface area contributed by atoms with Crippen molar-refractivity contribution in [3.8, 4) is 5.75 Å². The van der Waals surface area contributed by atoms with E-state index in [9.17, 15) is 19.7 Å². The molecule has 0 radical (unpaired) electrons. The lowest BCUT2D eigenvalue weighted by atomic mass is 10.2. The number of hydrogen-bond acceptors (Lipinski definition) is 8. The molecule has 0 N–H and O–H groups in total. The van der Waals surface area contributed by atoms with Crippen molar-refractivity contribution in [1.29, 1.82) is 0 Å². The van der Waals surface area contributed by atoms with Gasteiger partial charge in [0.15, 0.2) is 0 Å². The van der Waals surface area contributed by atoms with Crippen LogP contribution in [-0.4, -0.2) is 42.0 Å². The minimum absolute atomic E-state index is 0.0929. The van der Waals surface area contributed by atoms with E-state index in [4.69, 9.17) is 9.15 Å². The van der Waals surface area contributed by atoms with Crippen molar-refractivity contribution in [1.82, 2.24) is 4.90 Å². The van der Waals surface area contributed by atoms with Gasteiger partial charge in [0.25, 0.3) is 5.69 Å². The van der Waals surface area contributed by atoms with E-state index in [0.29, 0.717) is 12.3 Å². The number of piperazine rings is 1. The predicted molar refractivity (Wildman–Crippen MR) is 117 cm³/mol. The van der Waals surface area contributed by atoms with Crippen LogP contribution < -0.4 is 15.1 Å². The molecule has 0 unspecified atom stereocenters. The zero-order valence-electron chi connectivity index (χ0n) is 17.2. The Morgan fingerprint density at radius 3 is 2.34 bits per heavy atom. The number of nitro groups is 1. The third kappa shape index (κ3) is 5.01. The molecule has 0 spiro atoms. The largest absolute Gasteiger partial charge is 0.464 e. The number of non-ortho nitro benzene ring substituents is 1. The first-order chi connectivity index (χ1) is 15.5. The van der Waals surface area contributed by atoms with Crippen molar-refractivity contribution < 1.29 is 18.9 Å². The van der Waals surface area contributed by atoms with Gasteiger partial charge in [0.2, 0.25) is 11.2 Å². The fourth-order valence-corrected chi connectivity index (χ4v) is 3.50. The number of carbonyl (C=O) groups is 1. The van der Waals surface area contributed by atoms with E-state index in [2.05, 4.69) is 21.9 Å². The Morgan fingerprint density at radius 1 is 1.03 bits per heavy atom. The number of esters is 1. The van der Waals surface area contributed by atoms with Crippen LogP contribution in [0, 0.1) is 10.1 Å². The van der Waals surface area contributed by atoms with Gasteiger partial charge >= 0.3 is 5.97 Å². The van der Waals surface area contributed by atoms with Crippen molar-refractivity contribution >= 4 is 17.3 Å². The maximum Gasteiger partial charge on any atom is 0.343 e. The van der Waals surface area contributed by atoms with Crippen LogP contribution in [0.25, 0.3) is 0 Å². The number of hydrogen-bond donors (Lipinski definition) is 0. The van der Waals surface area contributed by atoms with E-state index in [1.165, 1.54) is 36.0 Å². The molecule has 3 aromatic rings. The summed E-state index contributed by atoms with van der Waals surface area (Å²) >= 11 is 0. The molecule has 1 aliphatic rings. The Hall–Kier alpha value is -3.98. The highest BCUT2D eigenvalue weighted by molar-refractivity contribution is 5.91. The zero-order chi connectivity index (χ0) is 22.5. The second kappa shape index (κ2) is 9.44. The smallest absolute Gasteiger partial charge is 0.343 e. The molecule has 2 aromatic carbocycles. The minimum atomic E-state index is -0.794. The molecule has 1 fully saturated rings. The van der Waals surface area contributed by atoms with Gasteiger partial charge in [-0.2, -0.15) is 0 Å². The number of nitrogens with zero attached hydrogens (tertiary/aromatic N) is 3. The van der Waals surface area contributed by atoms with Crippen LogP contribution in [0.5, 0.6) is 5.75 Å². The summed E-state index contributed by atoms with van der Waals surface area (Å²) in [5.74, 6) is -0.540. The number of ether oxygens (including phenoxy) is 1. The lowest BCUT2D eigenvalue weighted by molar-refractivity contribution is -0.384. The quantitative estimate of drug-likeness (QED) is 0.330. The van der Waals surface area contributed by atoms with Crippen molar-refractivity contribution in [2.24, 2.45) is 0 Å². The van der Waals surface area contributed by atoms with Crippen LogP contribution in [0.2, 0.25) is 0 Å². The lowest BCUT2D eigenvalue weighted by Gasteiger charge is -2.35. The standard InChI is InChI=1S/C23H21N3O6/c27-21-14-20(15-24-10-12-25(13-11-24)18-4-2-1-3-5-18)31-16-22(21)32-23(28)17-6-8-19(9-7-17)26(29)30/h1-9,14,16H,10-13,15H2. The van der Waals surface area contributed by atoms with Gasteiger partial charge in [0.1, 0.15) is 12.0 Å². The highest BCUT2D eigenvalue weighted by atomic mass is 16.6. The van der Waals surface area contributed by atoms with Crippen molar-refractivity contribution in [2.75, 3.05) is 31.1 Å². The molecule has 32 heavy (non-hydrogen) atoms. The lowest BCUT2D eigenvalue weighted by Crippen LogP contribution is -2.46. The molecule has 9 heteroatoms. The van der Waals surface area contributed by atoms with Crippen LogP contribution in [-0.2, 0) is 6.54 Å². The predicted octanol–water partition coefficient (Wildman–Crippen LogP) is 3.09. The maximum absolute atomic E-state index is 12.4. The minimum Gasteiger partial charge on any atom is -0.464 e. The third-order valence-electron chi connectivity index (χ3n) is 5.24. The number of benzene rings is 2. The average molecular weight is 435 g/mol. The molecule has 1 saturated heterocycles. The first-order valence-electron chi connectivity index (χ1n) is 10.1. The molecule has 0 saturated carbocycles. The van der Waals surface area contributed by atoms with Crippen LogP contribution in [0.15, 0.2) is 76.1 Å². The SMILES string of the molecule is O=C(Oc1coc(CN2CCN(c3ccccc3)CC2)cc1=O)c1ccc([N+](=O)[O-])cc1. The fraction of sp³-hybridized carbons (Fsp3) is 0.217. The number of anilines is 1. The summed E-state index contributed by atoms with van der Waals surface area (Å²) in [7, 11) is 0. The molecule has 1 aliphatic heterocycles. The molecule has 0 aliphatic carbocycles. The van der Waals surface area contributed by atoms with Gasteiger partial charge in [-0.25, -0.2) is 4.79 Å². The van der Waals surface area contributed by atoms with Gasteiger partial charge in [0.05, 0.1) is 17.0 Å². The summed E-state index contributed by atoms with van der Waals surface area (Å²) in [4.78, 5) is 39.2. The van der Waals surface area contributed by atoms with Gasteiger partial charge in [-0.05, 0) is 24.3 Å². The number of para-hydroxylation sites is 1. The van der Waals surface area contributed by atoms with Crippen LogP contribution in [0.3, 0.4) is 0 Å². The topological polar surface area (TPSA) is 106 Å². The summed E-state index contributed by atoms with van der Waals surface area (Å²) in [5.41, 5.74) is 0.674. The molecule has 0 bridgehead atoms. The summed E-state index contributed by atoms with van der Waals surface area (Å²) in [6.07, 6.45) is 1.13. The van der Waals surface area contributed by atoms with Gasteiger partial charge in [0, 0.05) is 50.1 Å². The van der Waals surface area contributed by atoms with E-state index >= 15 is 0 Å². The second-order valence-electron chi connectivity index (χ2n) is 7.37. The van der Waals surface area contributed by atoms with E-state index in [1.54, 1.807) is 0 Å². The maximum atomic E-state index is 12.4. The summed E-state index contributed by atoms with van der Waals surface area (Å²) in [6, 6.07) is 16.5. The first-order valence-corrected chi connectivity index (χ1v) is 10.1. The molecule has 164 valence electrons. The Kier molecular flexibility index (Phi) is 6.27. The van der Waals surface area contributed by atoms with Crippen molar-refractivity contribution in [2.45, 2.75) is 6.54 Å². The number of rotatable bonds is 6. The Bertz CT molecular complexity index is 1150. The first kappa shape index (κ1) is 21.3. The van der Waals surface area contributed by atoms with Crippen molar-refractivity contribution in [3.05, 3.63) is 98.6 Å². The molecular weight excluding hydrogens is 414 g/mol. The molecular formula is C23H21N3O6. The summed E-state index contributed by atoms with van der Waals surface area (Å²) in [5, 5.41) is 10.7. The Labute approximate surface area is 183 Å². The van der Waals surface area contributed by atoms with Crippen LogP contribution in [0.1, 0.15) is 16.1 Å². The summed E-state index contributed by atoms with van der Waals surface area (Å²) in [6.45, 7) is 3.89. The molecule has 9 nitrogen and oxygen atoms in total. The van der Waals surface area contributed by atoms with E-state index in [-0.39, 0.29) is 17.0 Å². The number of carbonyl (C=O) groups excluding carboxylic acids is 1. The van der Waals surface area contributed by atoms with E-state index in [0.717, 1.165) is 32.4 Å². The van der Waals surface area contributed by atoms with Crippen molar-refractivity contribution in [3.63, 3.8) is 0 Å². The highest BCUT2D eigenvalue weighted by Crippen LogP contribution is 2.18. The summed E-state index contributed by atoms with van der Waals surface area (Å²) < 4.78 is 10.6. The van der Waals surface area contributed by atoms with Gasteiger partial charge in [-0.15, -0.1) is 0 Å². The fourth-order valence-electron chi connectivity index (χ4n) is 3.50. The van der Waals surface area contributed by atoms with E-state index in [1.807, 2.05) is 18.2 Å². The highest BCUT2D eigenvalue weighted by Gasteiger charge is 2.19. The van der Waals surface area contributed by atoms with Gasteiger partial charge in [-0.1, -0.05) is 18.2 Å². The second-order valence-corrected chi connectivity index (χ2v) is 7.37. The zero-order valence-corrected chi connectivity index (χ0v) is 17.2. The molecule has 4 rings (SSSR count). The monoisotopic (exact) mass is 435 g/mol. The normalized spacial score (nSPS) is 14.2. The number of nitro benzene ring substituents is 1. The average Bonchev–Trinajstić information content (AvgIpc) is 2.82. The Balaban J connectivity index is 1.34. The van der Waals surface area contributed by atoms with E-state index < -0.39 is 16.3 Å². The molecule has 0 atom stereocenters. The Morgan fingerprint density at radius 2 is 1.72 bits per heavy atom. The molecule has 1 aromatic heterocycles.